The molecule has 1 heterocycles. The van der Waals surface area contributed by atoms with E-state index in [0.717, 1.165) is 17.5 Å². The van der Waals surface area contributed by atoms with Gasteiger partial charge < -0.3 is 9.84 Å². The Labute approximate surface area is 155 Å². The number of rotatable bonds is 4. The highest BCUT2D eigenvalue weighted by Gasteiger charge is 2.09. The van der Waals surface area contributed by atoms with Gasteiger partial charge in [0.05, 0.1) is 28.4 Å². The third kappa shape index (κ3) is 3.39. The average Bonchev–Trinajstić information content (AvgIpc) is 2.95. The van der Waals surface area contributed by atoms with Gasteiger partial charge in [-0.15, -0.1) is 0 Å². The van der Waals surface area contributed by atoms with Crippen molar-refractivity contribution in [2.24, 2.45) is 0 Å². The van der Waals surface area contributed by atoms with Crippen molar-refractivity contribution >= 4 is 23.8 Å². The molecule has 0 saturated heterocycles. The highest BCUT2D eigenvalue weighted by molar-refractivity contribution is 6.32. The van der Waals surface area contributed by atoms with Crippen LogP contribution in [0.3, 0.4) is 0 Å². The summed E-state index contributed by atoms with van der Waals surface area (Å²) >= 11 is 6.06. The number of methoxy groups -OCH3 is 1. The molecule has 0 radical (unpaired) electrons. The molecule has 0 unspecified atom stereocenters. The molecule has 0 aliphatic heterocycles. The molecular weight excluding hydrogens is 352 g/mol. The Morgan fingerprint density at radius 2 is 2.00 bits per heavy atom. The number of hydrogen-bond acceptors (Lipinski definition) is 3. The van der Waals surface area contributed by atoms with Crippen LogP contribution in [0.2, 0.25) is 5.02 Å². The quantitative estimate of drug-likeness (QED) is 0.741. The van der Waals surface area contributed by atoms with Crippen molar-refractivity contribution in [1.82, 2.24) is 9.78 Å². The van der Waals surface area contributed by atoms with E-state index in [9.17, 15) is 9.90 Å². The minimum atomic E-state index is -0.168. The summed E-state index contributed by atoms with van der Waals surface area (Å²) in [5.74, 6) is 0.131. The SMILES string of the molecule is CCC=c1[nH]n(-c2ccccc2)c(=O)c1=Cc1cc(Cl)c(O)c(OC)c1. The van der Waals surface area contributed by atoms with Gasteiger partial charge in [-0.3, -0.25) is 9.89 Å². The second kappa shape index (κ2) is 7.54. The average molecular weight is 371 g/mol. The third-order valence-electron chi connectivity index (χ3n) is 3.96. The van der Waals surface area contributed by atoms with Gasteiger partial charge >= 0.3 is 0 Å². The van der Waals surface area contributed by atoms with Crippen LogP contribution in [-0.2, 0) is 0 Å². The third-order valence-corrected chi connectivity index (χ3v) is 4.25. The molecule has 0 spiro atoms. The zero-order chi connectivity index (χ0) is 18.7. The number of aromatic hydroxyl groups is 1. The summed E-state index contributed by atoms with van der Waals surface area (Å²) in [6.45, 7) is 2.00. The summed E-state index contributed by atoms with van der Waals surface area (Å²) in [7, 11) is 1.45. The van der Waals surface area contributed by atoms with E-state index in [2.05, 4.69) is 5.10 Å². The van der Waals surface area contributed by atoms with Crippen LogP contribution in [0.4, 0.5) is 0 Å². The van der Waals surface area contributed by atoms with Crippen molar-refractivity contribution in [3.05, 3.63) is 74.0 Å². The zero-order valence-corrected chi connectivity index (χ0v) is 15.2. The molecule has 3 rings (SSSR count). The summed E-state index contributed by atoms with van der Waals surface area (Å²) in [5.41, 5.74) is 1.25. The number of phenols is 1. The predicted molar refractivity (Wildman–Crippen MR) is 104 cm³/mol. The van der Waals surface area contributed by atoms with Crippen LogP contribution in [0.5, 0.6) is 11.5 Å². The summed E-state index contributed by atoms with van der Waals surface area (Å²) in [4.78, 5) is 12.9. The fourth-order valence-electron chi connectivity index (χ4n) is 2.72. The summed E-state index contributed by atoms with van der Waals surface area (Å²) < 4.78 is 6.64. The second-order valence-electron chi connectivity index (χ2n) is 5.73. The van der Waals surface area contributed by atoms with Gasteiger partial charge in [-0.2, -0.15) is 0 Å². The topological polar surface area (TPSA) is 67.2 Å². The molecule has 0 amide bonds. The van der Waals surface area contributed by atoms with E-state index < -0.39 is 0 Å². The lowest BCUT2D eigenvalue weighted by atomic mass is 10.1. The van der Waals surface area contributed by atoms with Gasteiger partial charge in [0.15, 0.2) is 11.5 Å². The normalized spacial score (nSPS) is 12.6. The first kappa shape index (κ1) is 17.9. The molecule has 6 heteroatoms. The molecule has 2 N–H and O–H groups in total. The van der Waals surface area contributed by atoms with Crippen LogP contribution in [0.25, 0.3) is 17.8 Å². The van der Waals surface area contributed by atoms with E-state index in [1.54, 1.807) is 18.2 Å². The molecule has 0 bridgehead atoms. The fourth-order valence-corrected chi connectivity index (χ4v) is 2.94. The van der Waals surface area contributed by atoms with E-state index in [4.69, 9.17) is 16.3 Å². The Kier molecular flexibility index (Phi) is 5.19. The van der Waals surface area contributed by atoms with Crippen molar-refractivity contribution in [1.29, 1.82) is 0 Å². The molecular formula is C20H19ClN2O3. The molecule has 0 atom stereocenters. The van der Waals surface area contributed by atoms with E-state index in [1.165, 1.54) is 11.8 Å². The zero-order valence-electron chi connectivity index (χ0n) is 14.5. The molecule has 3 aromatic rings. The van der Waals surface area contributed by atoms with Gasteiger partial charge in [0.1, 0.15) is 0 Å². The number of para-hydroxylation sites is 1. The maximum absolute atomic E-state index is 12.9. The number of phenolic OH excluding ortho intramolecular Hbond substituents is 1. The fraction of sp³-hybridized carbons (Fsp3) is 0.150. The lowest BCUT2D eigenvalue weighted by Crippen LogP contribution is -2.34. The van der Waals surface area contributed by atoms with Gasteiger partial charge in [-0.25, -0.2) is 4.68 Å². The smallest absolute Gasteiger partial charge is 0.279 e. The van der Waals surface area contributed by atoms with Gasteiger partial charge in [0.2, 0.25) is 0 Å². The molecule has 26 heavy (non-hydrogen) atoms. The maximum Gasteiger partial charge on any atom is 0.279 e. The molecule has 2 aromatic carbocycles. The van der Waals surface area contributed by atoms with Gasteiger partial charge in [0.25, 0.3) is 5.56 Å². The molecule has 0 aliphatic rings. The second-order valence-corrected chi connectivity index (χ2v) is 6.13. The van der Waals surface area contributed by atoms with Crippen molar-refractivity contribution in [3.63, 3.8) is 0 Å². The highest BCUT2D eigenvalue weighted by Crippen LogP contribution is 2.34. The number of ether oxygens (including phenoxy) is 1. The van der Waals surface area contributed by atoms with Crippen LogP contribution in [0.15, 0.2) is 47.3 Å². The van der Waals surface area contributed by atoms with Crippen LogP contribution >= 0.6 is 11.6 Å². The van der Waals surface area contributed by atoms with E-state index >= 15 is 0 Å². The summed E-state index contributed by atoms with van der Waals surface area (Å²) in [6, 6.07) is 12.6. The van der Waals surface area contributed by atoms with Crippen LogP contribution in [0.1, 0.15) is 18.9 Å². The van der Waals surface area contributed by atoms with Crippen LogP contribution in [0, 0.1) is 0 Å². The Balaban J connectivity index is 2.27. The first-order chi connectivity index (χ1) is 12.5. The van der Waals surface area contributed by atoms with Crippen molar-refractivity contribution in [2.75, 3.05) is 7.11 Å². The van der Waals surface area contributed by atoms with Crippen molar-refractivity contribution < 1.29 is 9.84 Å². The Hall–Kier alpha value is -2.92. The van der Waals surface area contributed by atoms with Crippen LogP contribution < -0.4 is 20.9 Å². The maximum atomic E-state index is 12.9. The van der Waals surface area contributed by atoms with Crippen LogP contribution in [-0.4, -0.2) is 22.0 Å². The standard InChI is InChI=1S/C20H19ClN2O3/c1-3-7-17-15(10-13-11-16(21)19(24)18(12-13)26-2)20(25)23(22-17)14-8-5-4-6-9-14/h4-12,22,24H,3H2,1-2H3. The van der Waals surface area contributed by atoms with Crippen molar-refractivity contribution in [2.45, 2.75) is 13.3 Å². The molecule has 1 aromatic heterocycles. The van der Waals surface area contributed by atoms with Gasteiger partial charge in [-0.1, -0.05) is 42.8 Å². The monoisotopic (exact) mass is 370 g/mol. The minimum absolute atomic E-state index is 0.123. The Bertz CT molecular complexity index is 1100. The number of nitrogens with one attached hydrogen (secondary N) is 1. The number of halogens is 1. The summed E-state index contributed by atoms with van der Waals surface area (Å²) in [5, 5.41) is 14.4. The summed E-state index contributed by atoms with van der Waals surface area (Å²) in [6.07, 6.45) is 4.45. The molecule has 134 valence electrons. The number of hydrogen-bond donors (Lipinski definition) is 2. The lowest BCUT2D eigenvalue weighted by Gasteiger charge is -2.05. The lowest BCUT2D eigenvalue weighted by molar-refractivity contribution is 0.373. The van der Waals surface area contributed by atoms with Gasteiger partial charge in [0, 0.05) is 0 Å². The first-order valence-electron chi connectivity index (χ1n) is 8.20. The molecule has 5 nitrogen and oxygen atoms in total. The number of aromatic amines is 1. The molecule has 0 saturated carbocycles. The Morgan fingerprint density at radius 1 is 1.27 bits per heavy atom. The largest absolute Gasteiger partial charge is 0.503 e. The highest BCUT2D eigenvalue weighted by atomic mass is 35.5. The number of H-pyrrole nitrogens is 1. The number of aromatic nitrogens is 2. The van der Waals surface area contributed by atoms with E-state index in [1.807, 2.05) is 43.3 Å². The van der Waals surface area contributed by atoms with Gasteiger partial charge in [-0.05, 0) is 42.3 Å². The van der Waals surface area contributed by atoms with E-state index in [-0.39, 0.29) is 22.1 Å². The number of nitrogens with zero attached hydrogens (tertiary/aromatic N) is 1. The van der Waals surface area contributed by atoms with E-state index in [0.29, 0.717) is 10.8 Å². The minimum Gasteiger partial charge on any atom is -0.503 e. The molecule has 0 aliphatic carbocycles. The predicted octanol–water partition coefficient (Wildman–Crippen LogP) is 2.55. The number of benzene rings is 2. The molecule has 0 fully saturated rings. The first-order valence-corrected chi connectivity index (χ1v) is 8.57. The Morgan fingerprint density at radius 3 is 2.65 bits per heavy atom. The van der Waals surface area contributed by atoms with Crippen molar-refractivity contribution in [3.8, 4) is 17.2 Å².